The maximum absolute atomic E-state index is 9.10. The first-order chi connectivity index (χ1) is 5.29. The highest BCUT2D eigenvalue weighted by atomic mass is 16.3. The van der Waals surface area contributed by atoms with Gasteiger partial charge in [-0.25, -0.2) is 15.8 Å². The Balaban J connectivity index is 3.24. The van der Waals surface area contributed by atoms with Crippen LogP contribution in [0.4, 0.5) is 5.82 Å². The number of rotatable bonds is 2. The zero-order chi connectivity index (χ0) is 8.27. The molecule has 0 unspecified atom stereocenters. The van der Waals surface area contributed by atoms with Gasteiger partial charge in [0.25, 0.3) is 0 Å². The molecule has 0 saturated heterocycles. The first-order valence-electron chi connectivity index (χ1n) is 2.92. The lowest BCUT2D eigenvalue weighted by atomic mass is 10.3. The van der Waals surface area contributed by atoms with Gasteiger partial charge in [0.15, 0.2) is 5.82 Å². The number of hydrogen-bond donors (Lipinski definition) is 3. The number of hydrazine groups is 1. The molecule has 0 aliphatic heterocycles. The summed E-state index contributed by atoms with van der Waals surface area (Å²) < 4.78 is 0. The maximum Gasteiger partial charge on any atom is 0.223 e. The minimum Gasteiger partial charge on any atom is -0.493 e. The summed E-state index contributed by atoms with van der Waals surface area (Å²) >= 11 is 0. The molecule has 0 fully saturated rings. The molecule has 0 spiro atoms. The lowest BCUT2D eigenvalue weighted by Crippen LogP contribution is -2.10. The second-order valence-corrected chi connectivity index (χ2v) is 1.81. The third-order valence-electron chi connectivity index (χ3n) is 1.20. The van der Waals surface area contributed by atoms with E-state index in [1.807, 2.05) is 0 Å². The monoisotopic (exact) mass is 152 g/mol. The second kappa shape index (κ2) is 2.98. The number of aromatic hydroxyl groups is 1. The molecule has 0 radical (unpaired) electrons. The second-order valence-electron chi connectivity index (χ2n) is 1.81. The molecule has 1 aromatic heterocycles. The standard InChI is InChI=1S/C6H8N4O/c1-2-4-5(10-7)8-3-9-6(4)11/h2-3H,1,7H2,(H2,8,9,10,11). The number of anilines is 1. The van der Waals surface area contributed by atoms with E-state index in [2.05, 4.69) is 22.0 Å². The molecule has 0 aliphatic carbocycles. The van der Waals surface area contributed by atoms with E-state index in [0.717, 1.165) is 0 Å². The van der Waals surface area contributed by atoms with Crippen LogP contribution in [0.1, 0.15) is 5.56 Å². The number of nitrogens with zero attached hydrogens (tertiary/aromatic N) is 2. The predicted molar refractivity (Wildman–Crippen MR) is 41.6 cm³/mol. The first-order valence-corrected chi connectivity index (χ1v) is 2.92. The largest absolute Gasteiger partial charge is 0.493 e. The Bertz CT molecular complexity index is 273. The number of aromatic nitrogens is 2. The summed E-state index contributed by atoms with van der Waals surface area (Å²) in [4.78, 5) is 7.29. The van der Waals surface area contributed by atoms with Crippen LogP contribution in [0, 0.1) is 0 Å². The van der Waals surface area contributed by atoms with Crippen molar-refractivity contribution in [3.05, 3.63) is 18.5 Å². The third kappa shape index (κ3) is 1.27. The van der Waals surface area contributed by atoms with E-state index in [-0.39, 0.29) is 5.88 Å². The highest BCUT2D eigenvalue weighted by Crippen LogP contribution is 2.19. The van der Waals surface area contributed by atoms with E-state index in [0.29, 0.717) is 11.4 Å². The van der Waals surface area contributed by atoms with Gasteiger partial charge in [0.1, 0.15) is 6.33 Å². The van der Waals surface area contributed by atoms with Crippen molar-refractivity contribution in [1.82, 2.24) is 9.97 Å². The fourth-order valence-corrected chi connectivity index (χ4v) is 0.689. The summed E-state index contributed by atoms with van der Waals surface area (Å²) in [5.41, 5.74) is 2.70. The number of nitrogens with one attached hydrogen (secondary N) is 1. The van der Waals surface area contributed by atoms with E-state index in [9.17, 15) is 0 Å². The zero-order valence-corrected chi connectivity index (χ0v) is 5.78. The van der Waals surface area contributed by atoms with Crippen molar-refractivity contribution in [3.63, 3.8) is 0 Å². The molecule has 0 saturated carbocycles. The van der Waals surface area contributed by atoms with Crippen LogP contribution in [-0.4, -0.2) is 15.1 Å². The predicted octanol–water partition coefficient (Wildman–Crippen LogP) is 0.111. The van der Waals surface area contributed by atoms with Crippen LogP contribution in [0.5, 0.6) is 5.88 Å². The Morgan fingerprint density at radius 3 is 2.82 bits per heavy atom. The van der Waals surface area contributed by atoms with Crippen LogP contribution in [0.15, 0.2) is 12.9 Å². The smallest absolute Gasteiger partial charge is 0.223 e. The number of nitrogens with two attached hydrogens (primary N) is 1. The average molecular weight is 152 g/mol. The summed E-state index contributed by atoms with van der Waals surface area (Å²) in [7, 11) is 0. The summed E-state index contributed by atoms with van der Waals surface area (Å²) in [5.74, 6) is 5.31. The summed E-state index contributed by atoms with van der Waals surface area (Å²) in [6.45, 7) is 3.46. The molecule has 0 atom stereocenters. The molecule has 4 N–H and O–H groups in total. The fourth-order valence-electron chi connectivity index (χ4n) is 0.689. The van der Waals surface area contributed by atoms with Crippen LogP contribution in [0.2, 0.25) is 0 Å². The molecule has 58 valence electrons. The van der Waals surface area contributed by atoms with Gasteiger partial charge in [0, 0.05) is 0 Å². The van der Waals surface area contributed by atoms with Gasteiger partial charge >= 0.3 is 0 Å². The summed E-state index contributed by atoms with van der Waals surface area (Å²) in [6.07, 6.45) is 2.63. The normalized spacial score (nSPS) is 9.18. The molecule has 5 nitrogen and oxygen atoms in total. The molecule has 5 heteroatoms. The third-order valence-corrected chi connectivity index (χ3v) is 1.20. The minimum atomic E-state index is -0.136. The van der Waals surface area contributed by atoms with Crippen molar-refractivity contribution in [2.45, 2.75) is 0 Å². The van der Waals surface area contributed by atoms with Gasteiger partial charge < -0.3 is 10.5 Å². The van der Waals surface area contributed by atoms with Crippen LogP contribution >= 0.6 is 0 Å². The molecular weight excluding hydrogens is 144 g/mol. The summed E-state index contributed by atoms with van der Waals surface area (Å²) in [6, 6.07) is 0. The molecule has 11 heavy (non-hydrogen) atoms. The van der Waals surface area contributed by atoms with Gasteiger partial charge in [0.2, 0.25) is 5.88 Å². The zero-order valence-electron chi connectivity index (χ0n) is 5.78. The van der Waals surface area contributed by atoms with Gasteiger partial charge in [-0.3, -0.25) is 0 Å². The highest BCUT2D eigenvalue weighted by molar-refractivity contribution is 5.64. The average Bonchev–Trinajstić information content (AvgIpc) is 2.04. The first kappa shape index (κ1) is 7.49. The lowest BCUT2D eigenvalue weighted by molar-refractivity contribution is 0.451. The van der Waals surface area contributed by atoms with Crippen LogP contribution < -0.4 is 11.3 Å². The highest BCUT2D eigenvalue weighted by Gasteiger charge is 2.04. The Morgan fingerprint density at radius 2 is 2.36 bits per heavy atom. The van der Waals surface area contributed by atoms with E-state index < -0.39 is 0 Å². The quantitative estimate of drug-likeness (QED) is 0.413. The van der Waals surface area contributed by atoms with Crippen LogP contribution in [-0.2, 0) is 0 Å². The molecule has 1 aromatic rings. The van der Waals surface area contributed by atoms with Crippen molar-refractivity contribution in [3.8, 4) is 5.88 Å². The van der Waals surface area contributed by atoms with E-state index >= 15 is 0 Å². The SMILES string of the molecule is C=Cc1c(O)ncnc1NN. The Kier molecular flexibility index (Phi) is 2.03. The van der Waals surface area contributed by atoms with Crippen molar-refractivity contribution in [2.24, 2.45) is 5.84 Å². The van der Waals surface area contributed by atoms with E-state index in [1.165, 1.54) is 12.4 Å². The Labute approximate surface area is 63.6 Å². The minimum absolute atomic E-state index is 0.136. The van der Waals surface area contributed by atoms with E-state index in [1.54, 1.807) is 0 Å². The van der Waals surface area contributed by atoms with Gasteiger partial charge in [-0.1, -0.05) is 12.7 Å². The van der Waals surface area contributed by atoms with Gasteiger partial charge in [-0.2, -0.15) is 0 Å². The Morgan fingerprint density at radius 1 is 1.64 bits per heavy atom. The topological polar surface area (TPSA) is 84.1 Å². The Hall–Kier alpha value is -1.62. The molecule has 0 bridgehead atoms. The molecule has 0 aromatic carbocycles. The fraction of sp³-hybridized carbons (Fsp3) is 0. The van der Waals surface area contributed by atoms with Crippen LogP contribution in [0.25, 0.3) is 6.08 Å². The summed E-state index contributed by atoms with van der Waals surface area (Å²) in [5, 5.41) is 9.10. The molecular formula is C6H8N4O. The van der Waals surface area contributed by atoms with Crippen molar-refractivity contribution in [1.29, 1.82) is 0 Å². The van der Waals surface area contributed by atoms with E-state index in [4.69, 9.17) is 10.9 Å². The molecule has 0 amide bonds. The van der Waals surface area contributed by atoms with Crippen molar-refractivity contribution < 1.29 is 5.11 Å². The van der Waals surface area contributed by atoms with Crippen LogP contribution in [0.3, 0.4) is 0 Å². The number of nitrogen functional groups attached to an aromatic ring is 1. The lowest BCUT2D eigenvalue weighted by Gasteiger charge is -2.02. The van der Waals surface area contributed by atoms with Crippen molar-refractivity contribution >= 4 is 11.9 Å². The van der Waals surface area contributed by atoms with Crippen molar-refractivity contribution in [2.75, 3.05) is 5.43 Å². The maximum atomic E-state index is 9.10. The van der Waals surface area contributed by atoms with Gasteiger partial charge in [0.05, 0.1) is 5.56 Å². The van der Waals surface area contributed by atoms with Gasteiger partial charge in [-0.15, -0.1) is 0 Å². The number of hydrogen-bond acceptors (Lipinski definition) is 5. The molecule has 0 aliphatic rings. The van der Waals surface area contributed by atoms with Gasteiger partial charge in [-0.05, 0) is 0 Å². The molecule has 1 rings (SSSR count). The molecule has 1 heterocycles.